The third kappa shape index (κ3) is 7.17. The minimum absolute atomic E-state index is 0.977. The highest BCUT2D eigenvalue weighted by atomic mass is 14.1. The molecule has 0 heteroatoms. The van der Waals surface area contributed by atoms with E-state index in [-0.39, 0.29) is 0 Å². The topological polar surface area (TPSA) is 0 Å². The maximum absolute atomic E-state index is 2.36. The van der Waals surface area contributed by atoms with Crippen molar-refractivity contribution < 1.29 is 0 Å². The molecule has 0 radical (unpaired) electrons. The fraction of sp³-hybridized carbons (Fsp3) is 0.857. The lowest BCUT2D eigenvalue weighted by molar-refractivity contribution is 0.434. The molecule has 0 N–H and O–H groups in total. The number of hydrogen-bond donors (Lipinski definition) is 0. The van der Waals surface area contributed by atoms with Crippen molar-refractivity contribution in [3.63, 3.8) is 0 Å². The summed E-state index contributed by atoms with van der Waals surface area (Å²) in [4.78, 5) is 0. The van der Waals surface area contributed by atoms with Gasteiger partial charge in [0.1, 0.15) is 0 Å². The molecule has 0 unspecified atom stereocenters. The average molecular weight is 196 g/mol. The van der Waals surface area contributed by atoms with Gasteiger partial charge in [-0.25, -0.2) is 0 Å². The Labute approximate surface area is 90.8 Å². The van der Waals surface area contributed by atoms with Crippen molar-refractivity contribution in [2.75, 3.05) is 0 Å². The van der Waals surface area contributed by atoms with Crippen molar-refractivity contribution in [1.29, 1.82) is 0 Å². The molecule has 14 heavy (non-hydrogen) atoms. The quantitative estimate of drug-likeness (QED) is 0.363. The van der Waals surface area contributed by atoms with Crippen molar-refractivity contribution in [2.24, 2.45) is 5.92 Å². The third-order valence-electron chi connectivity index (χ3n) is 3.14. The molecule has 0 heterocycles. The smallest absolute Gasteiger partial charge is 0.0323 e. The Balaban J connectivity index is 3.41. The highest BCUT2D eigenvalue weighted by Gasteiger charge is 2.02. The summed E-state index contributed by atoms with van der Waals surface area (Å²) in [5, 5.41) is 0. The van der Waals surface area contributed by atoms with Crippen molar-refractivity contribution in [1.82, 2.24) is 0 Å². The molecule has 0 saturated carbocycles. The first-order valence-electron chi connectivity index (χ1n) is 6.40. The van der Waals surface area contributed by atoms with Gasteiger partial charge in [0.15, 0.2) is 0 Å². The van der Waals surface area contributed by atoms with Crippen molar-refractivity contribution in [3.8, 4) is 0 Å². The Kier molecular flexibility index (Phi) is 9.13. The molecule has 0 bridgehead atoms. The van der Waals surface area contributed by atoms with E-state index in [1.807, 2.05) is 0 Å². The van der Waals surface area contributed by atoms with Crippen LogP contribution in [0.1, 0.15) is 72.6 Å². The highest BCUT2D eigenvalue weighted by Crippen LogP contribution is 2.18. The molecule has 0 aliphatic heterocycles. The molecule has 0 aromatic rings. The molecule has 84 valence electrons. The van der Waals surface area contributed by atoms with Gasteiger partial charge in [0, 0.05) is 0 Å². The van der Waals surface area contributed by atoms with E-state index in [9.17, 15) is 0 Å². The maximum atomic E-state index is 2.36. The molecule has 0 saturated heterocycles. The normalized spacial score (nSPS) is 12.5. The molecule has 0 rings (SSSR count). The van der Waals surface area contributed by atoms with Gasteiger partial charge < -0.3 is 0 Å². The van der Waals surface area contributed by atoms with Gasteiger partial charge in [-0.1, -0.05) is 58.1 Å². The number of unbranched alkanes of at least 4 members (excludes halogenated alkanes) is 1. The van der Waals surface area contributed by atoms with E-state index in [4.69, 9.17) is 0 Å². The monoisotopic (exact) mass is 196 g/mol. The van der Waals surface area contributed by atoms with E-state index in [0.717, 1.165) is 5.92 Å². The fourth-order valence-electron chi connectivity index (χ4n) is 1.98. The second kappa shape index (κ2) is 9.30. The van der Waals surface area contributed by atoms with Gasteiger partial charge in [-0.2, -0.15) is 0 Å². The molecule has 0 nitrogen and oxygen atoms in total. The van der Waals surface area contributed by atoms with Gasteiger partial charge in [0.25, 0.3) is 0 Å². The fourth-order valence-corrected chi connectivity index (χ4v) is 1.98. The van der Waals surface area contributed by atoms with Crippen LogP contribution in [0.2, 0.25) is 0 Å². The van der Waals surface area contributed by atoms with Crippen LogP contribution >= 0.6 is 0 Å². The van der Waals surface area contributed by atoms with E-state index in [1.54, 1.807) is 5.57 Å². The van der Waals surface area contributed by atoms with Crippen LogP contribution in [0, 0.1) is 5.92 Å². The van der Waals surface area contributed by atoms with Crippen molar-refractivity contribution in [2.45, 2.75) is 72.6 Å². The largest absolute Gasteiger partial charge is 0.0859 e. The lowest BCUT2D eigenvalue weighted by Gasteiger charge is -2.11. The minimum Gasteiger partial charge on any atom is -0.0859 e. The average Bonchev–Trinajstić information content (AvgIpc) is 2.19. The second-order valence-corrected chi connectivity index (χ2v) is 4.39. The predicted molar refractivity (Wildman–Crippen MR) is 66.6 cm³/mol. The van der Waals surface area contributed by atoms with Crippen LogP contribution < -0.4 is 0 Å². The van der Waals surface area contributed by atoms with Crippen LogP contribution in [0.4, 0.5) is 0 Å². The Morgan fingerprint density at radius 3 is 2.21 bits per heavy atom. The molecule has 0 atom stereocenters. The van der Waals surface area contributed by atoms with Crippen LogP contribution in [0.5, 0.6) is 0 Å². The van der Waals surface area contributed by atoms with Crippen LogP contribution in [0.25, 0.3) is 0 Å². The zero-order valence-electron chi connectivity index (χ0n) is 10.6. The number of rotatable bonds is 8. The summed E-state index contributed by atoms with van der Waals surface area (Å²) in [5.41, 5.74) is 1.58. The van der Waals surface area contributed by atoms with E-state index < -0.39 is 0 Å². The Hall–Kier alpha value is -0.260. The van der Waals surface area contributed by atoms with Crippen LogP contribution in [-0.4, -0.2) is 0 Å². The summed E-state index contributed by atoms with van der Waals surface area (Å²) in [6.45, 7) is 9.11. The molecule has 0 fully saturated rings. The minimum atomic E-state index is 0.977. The molecule has 0 aliphatic carbocycles. The lowest BCUT2D eigenvalue weighted by Crippen LogP contribution is -1.96. The first kappa shape index (κ1) is 13.7. The van der Waals surface area contributed by atoms with Gasteiger partial charge in [-0.15, -0.1) is 0 Å². The summed E-state index contributed by atoms with van der Waals surface area (Å²) in [6.07, 6.45) is 11.8. The molecule has 0 aromatic carbocycles. The van der Waals surface area contributed by atoms with E-state index in [1.165, 1.54) is 44.9 Å². The van der Waals surface area contributed by atoms with Crippen LogP contribution in [-0.2, 0) is 0 Å². The van der Waals surface area contributed by atoms with Gasteiger partial charge in [0.2, 0.25) is 0 Å². The SMILES string of the molecule is CCC=C(C)CCCCC(CC)CC. The third-order valence-corrected chi connectivity index (χ3v) is 3.14. The lowest BCUT2D eigenvalue weighted by atomic mass is 9.95. The molecular weight excluding hydrogens is 168 g/mol. The van der Waals surface area contributed by atoms with Crippen molar-refractivity contribution in [3.05, 3.63) is 11.6 Å². The zero-order valence-corrected chi connectivity index (χ0v) is 10.6. The molecule has 0 spiro atoms. The standard InChI is InChI=1S/C14H28/c1-5-10-13(4)11-8-9-12-14(6-2)7-3/h10,14H,5-9,11-12H2,1-4H3. The first-order chi connectivity index (χ1) is 6.74. The zero-order chi connectivity index (χ0) is 10.8. The second-order valence-electron chi connectivity index (χ2n) is 4.39. The van der Waals surface area contributed by atoms with E-state index in [0.29, 0.717) is 0 Å². The summed E-state index contributed by atoms with van der Waals surface area (Å²) in [5.74, 6) is 0.977. The summed E-state index contributed by atoms with van der Waals surface area (Å²) < 4.78 is 0. The number of allylic oxidation sites excluding steroid dienone is 2. The van der Waals surface area contributed by atoms with Gasteiger partial charge >= 0.3 is 0 Å². The van der Waals surface area contributed by atoms with Crippen LogP contribution in [0.15, 0.2) is 11.6 Å². The maximum Gasteiger partial charge on any atom is -0.0323 e. The van der Waals surface area contributed by atoms with Gasteiger partial charge in [-0.3, -0.25) is 0 Å². The summed E-state index contributed by atoms with van der Waals surface area (Å²) in [6, 6.07) is 0. The molecule has 0 amide bonds. The Morgan fingerprint density at radius 1 is 1.07 bits per heavy atom. The Bertz CT molecular complexity index is 140. The van der Waals surface area contributed by atoms with Crippen LogP contribution in [0.3, 0.4) is 0 Å². The highest BCUT2D eigenvalue weighted by molar-refractivity contribution is 4.96. The van der Waals surface area contributed by atoms with E-state index in [2.05, 4.69) is 33.8 Å². The van der Waals surface area contributed by atoms with Gasteiger partial charge in [-0.05, 0) is 32.1 Å². The molecule has 0 aromatic heterocycles. The van der Waals surface area contributed by atoms with Gasteiger partial charge in [0.05, 0.1) is 0 Å². The summed E-state index contributed by atoms with van der Waals surface area (Å²) >= 11 is 0. The number of hydrogen-bond acceptors (Lipinski definition) is 0. The molecule has 0 aliphatic rings. The van der Waals surface area contributed by atoms with E-state index >= 15 is 0 Å². The summed E-state index contributed by atoms with van der Waals surface area (Å²) in [7, 11) is 0. The predicted octanol–water partition coefficient (Wildman–Crippen LogP) is 5.34. The van der Waals surface area contributed by atoms with Crippen molar-refractivity contribution >= 4 is 0 Å². The first-order valence-corrected chi connectivity index (χ1v) is 6.40. The Morgan fingerprint density at radius 2 is 1.71 bits per heavy atom. The molecular formula is C14H28.